The summed E-state index contributed by atoms with van der Waals surface area (Å²) in [5.74, 6) is 0.418. The number of aliphatic imine (C=N–C) groups is 2. The molecule has 0 aliphatic heterocycles. The van der Waals surface area contributed by atoms with Crippen molar-refractivity contribution in [3.63, 3.8) is 0 Å². The van der Waals surface area contributed by atoms with Gasteiger partial charge in [0, 0.05) is 18.3 Å². The van der Waals surface area contributed by atoms with Gasteiger partial charge in [0.05, 0.1) is 11.4 Å². The maximum Gasteiger partial charge on any atom is 0.0629 e. The first kappa shape index (κ1) is 18.2. The second-order valence-corrected chi connectivity index (χ2v) is 5.91. The zero-order chi connectivity index (χ0) is 15.9. The molecule has 0 heterocycles. The molecule has 1 aliphatic rings. The summed E-state index contributed by atoms with van der Waals surface area (Å²) < 4.78 is 0. The standard InChI is InChI=1S/C21H22N2.ClH/c1-17-18(15-22-20-11-4-2-5-12-20)9-8-10-19(17)16-23-21-13-6-3-7-14-21;/h2-7,11-16,18H,8-10H2,1H3;1H. The summed E-state index contributed by atoms with van der Waals surface area (Å²) in [4.78, 5) is 9.24. The molecule has 0 fully saturated rings. The average molecular weight is 339 g/mol. The van der Waals surface area contributed by atoms with Crippen molar-refractivity contribution in [2.45, 2.75) is 26.2 Å². The maximum absolute atomic E-state index is 4.63. The lowest BCUT2D eigenvalue weighted by atomic mass is 9.84. The Morgan fingerprint density at radius 1 is 0.875 bits per heavy atom. The molecule has 0 amide bonds. The van der Waals surface area contributed by atoms with Crippen molar-refractivity contribution in [1.29, 1.82) is 0 Å². The van der Waals surface area contributed by atoms with Gasteiger partial charge < -0.3 is 0 Å². The monoisotopic (exact) mass is 338 g/mol. The van der Waals surface area contributed by atoms with Crippen LogP contribution in [0.1, 0.15) is 26.2 Å². The third-order valence-corrected chi connectivity index (χ3v) is 4.31. The van der Waals surface area contributed by atoms with E-state index in [-0.39, 0.29) is 12.4 Å². The van der Waals surface area contributed by atoms with Gasteiger partial charge in [-0.25, -0.2) is 0 Å². The lowest BCUT2D eigenvalue weighted by Crippen LogP contribution is -2.12. The van der Waals surface area contributed by atoms with Crippen LogP contribution in [-0.4, -0.2) is 12.4 Å². The second kappa shape index (κ2) is 9.19. The summed E-state index contributed by atoms with van der Waals surface area (Å²) in [6.45, 7) is 2.22. The fraction of sp³-hybridized carbons (Fsp3) is 0.238. The first-order valence-corrected chi connectivity index (χ1v) is 8.21. The Labute approximate surface area is 150 Å². The van der Waals surface area contributed by atoms with Gasteiger partial charge in [-0.1, -0.05) is 42.0 Å². The zero-order valence-corrected chi connectivity index (χ0v) is 14.7. The van der Waals surface area contributed by atoms with Crippen LogP contribution in [0.3, 0.4) is 0 Å². The third-order valence-electron chi connectivity index (χ3n) is 4.31. The van der Waals surface area contributed by atoms with Gasteiger partial charge in [-0.3, -0.25) is 9.98 Å². The number of para-hydroxylation sites is 2. The summed E-state index contributed by atoms with van der Waals surface area (Å²) in [5.41, 5.74) is 4.78. The molecule has 24 heavy (non-hydrogen) atoms. The molecule has 0 aromatic heterocycles. The Morgan fingerprint density at radius 2 is 1.46 bits per heavy atom. The predicted molar refractivity (Wildman–Crippen MR) is 106 cm³/mol. The van der Waals surface area contributed by atoms with Gasteiger partial charge in [0.1, 0.15) is 0 Å². The highest BCUT2D eigenvalue weighted by molar-refractivity contribution is 5.85. The largest absolute Gasteiger partial charge is 0.261 e. The minimum atomic E-state index is 0. The van der Waals surface area contributed by atoms with Gasteiger partial charge in [0.15, 0.2) is 0 Å². The smallest absolute Gasteiger partial charge is 0.0629 e. The molecule has 124 valence electrons. The SMILES string of the molecule is CC1=C(C=Nc2ccccc2)CCCC1C=Nc1ccccc1.Cl. The van der Waals surface area contributed by atoms with Gasteiger partial charge in [0.2, 0.25) is 0 Å². The highest BCUT2D eigenvalue weighted by atomic mass is 35.5. The number of benzene rings is 2. The van der Waals surface area contributed by atoms with E-state index in [2.05, 4.69) is 23.1 Å². The average Bonchev–Trinajstić information content (AvgIpc) is 2.61. The van der Waals surface area contributed by atoms with Crippen LogP contribution in [0.25, 0.3) is 0 Å². The number of hydrogen-bond acceptors (Lipinski definition) is 2. The van der Waals surface area contributed by atoms with Crippen LogP contribution in [0.5, 0.6) is 0 Å². The van der Waals surface area contributed by atoms with Crippen LogP contribution in [-0.2, 0) is 0 Å². The third kappa shape index (κ3) is 4.90. The fourth-order valence-electron chi connectivity index (χ4n) is 2.87. The minimum Gasteiger partial charge on any atom is -0.261 e. The molecule has 2 aromatic carbocycles. The summed E-state index contributed by atoms with van der Waals surface area (Å²) in [7, 11) is 0. The lowest BCUT2D eigenvalue weighted by molar-refractivity contribution is 0.622. The first-order valence-electron chi connectivity index (χ1n) is 8.21. The summed E-state index contributed by atoms with van der Waals surface area (Å²) in [5, 5.41) is 0. The van der Waals surface area contributed by atoms with Crippen molar-refractivity contribution >= 4 is 36.2 Å². The highest BCUT2D eigenvalue weighted by Crippen LogP contribution is 2.29. The van der Waals surface area contributed by atoms with Gasteiger partial charge in [0.25, 0.3) is 0 Å². The van der Waals surface area contributed by atoms with E-state index in [0.29, 0.717) is 5.92 Å². The molecular weight excluding hydrogens is 316 g/mol. The molecular formula is C21H23ClN2. The van der Waals surface area contributed by atoms with E-state index in [9.17, 15) is 0 Å². The van der Waals surface area contributed by atoms with Crippen molar-refractivity contribution in [1.82, 2.24) is 0 Å². The summed E-state index contributed by atoms with van der Waals surface area (Å²) >= 11 is 0. The molecule has 1 unspecified atom stereocenters. The number of nitrogens with zero attached hydrogens (tertiary/aromatic N) is 2. The van der Waals surface area contributed by atoms with Crippen molar-refractivity contribution in [3.05, 3.63) is 71.8 Å². The molecule has 1 aliphatic carbocycles. The molecule has 3 heteroatoms. The summed E-state index contributed by atoms with van der Waals surface area (Å²) in [6, 6.07) is 20.2. The van der Waals surface area contributed by atoms with E-state index >= 15 is 0 Å². The number of hydrogen-bond donors (Lipinski definition) is 0. The van der Waals surface area contributed by atoms with Crippen LogP contribution >= 0.6 is 12.4 Å². The summed E-state index contributed by atoms with van der Waals surface area (Å²) in [6.07, 6.45) is 7.61. The first-order chi connectivity index (χ1) is 11.3. The number of allylic oxidation sites excluding steroid dienone is 2. The molecule has 3 rings (SSSR count). The van der Waals surface area contributed by atoms with Crippen LogP contribution < -0.4 is 0 Å². The van der Waals surface area contributed by atoms with Crippen molar-refractivity contribution in [3.8, 4) is 0 Å². The van der Waals surface area contributed by atoms with E-state index in [0.717, 1.165) is 17.8 Å². The van der Waals surface area contributed by atoms with Gasteiger partial charge in [-0.2, -0.15) is 0 Å². The molecule has 2 aromatic rings. The van der Waals surface area contributed by atoms with Gasteiger partial charge >= 0.3 is 0 Å². The Hall–Kier alpha value is -2.19. The second-order valence-electron chi connectivity index (χ2n) is 5.91. The van der Waals surface area contributed by atoms with Crippen molar-refractivity contribution < 1.29 is 0 Å². The normalized spacial score (nSPS) is 18.1. The van der Waals surface area contributed by atoms with Crippen LogP contribution in [0.2, 0.25) is 0 Å². The fourth-order valence-corrected chi connectivity index (χ4v) is 2.87. The Kier molecular flexibility index (Phi) is 6.95. The van der Waals surface area contributed by atoms with Crippen LogP contribution in [0.15, 0.2) is 81.8 Å². The van der Waals surface area contributed by atoms with E-state index in [4.69, 9.17) is 0 Å². The highest BCUT2D eigenvalue weighted by Gasteiger charge is 2.17. The Balaban J connectivity index is 0.00000208. The molecule has 0 saturated heterocycles. The van der Waals surface area contributed by atoms with Gasteiger partial charge in [-0.05, 0) is 56.0 Å². The molecule has 2 nitrogen and oxygen atoms in total. The predicted octanol–water partition coefficient (Wildman–Crippen LogP) is 6.33. The molecule has 0 saturated carbocycles. The van der Waals surface area contributed by atoms with E-state index in [1.165, 1.54) is 24.0 Å². The van der Waals surface area contributed by atoms with E-state index in [1.54, 1.807) is 0 Å². The topological polar surface area (TPSA) is 24.7 Å². The Bertz CT molecular complexity index is 718. The van der Waals surface area contributed by atoms with E-state index < -0.39 is 0 Å². The van der Waals surface area contributed by atoms with E-state index in [1.807, 2.05) is 66.9 Å². The number of halogens is 1. The number of rotatable bonds is 4. The molecule has 1 atom stereocenters. The maximum atomic E-state index is 4.63. The molecule has 0 bridgehead atoms. The molecule has 0 radical (unpaired) electrons. The van der Waals surface area contributed by atoms with Crippen LogP contribution in [0, 0.1) is 5.92 Å². The molecule has 0 N–H and O–H groups in total. The van der Waals surface area contributed by atoms with Crippen molar-refractivity contribution in [2.24, 2.45) is 15.9 Å². The zero-order valence-electron chi connectivity index (χ0n) is 13.9. The minimum absolute atomic E-state index is 0. The molecule has 0 spiro atoms. The van der Waals surface area contributed by atoms with Gasteiger partial charge in [-0.15, -0.1) is 12.4 Å². The van der Waals surface area contributed by atoms with Crippen molar-refractivity contribution in [2.75, 3.05) is 0 Å². The Morgan fingerprint density at radius 3 is 2.08 bits per heavy atom. The quantitative estimate of drug-likeness (QED) is 0.582. The van der Waals surface area contributed by atoms with Crippen LogP contribution in [0.4, 0.5) is 11.4 Å². The lowest BCUT2D eigenvalue weighted by Gasteiger charge is -2.21.